The summed E-state index contributed by atoms with van der Waals surface area (Å²) < 4.78 is 5.19. The van der Waals surface area contributed by atoms with Gasteiger partial charge in [0, 0.05) is 6.92 Å². The van der Waals surface area contributed by atoms with Gasteiger partial charge < -0.3 is 4.42 Å². The van der Waals surface area contributed by atoms with Crippen LogP contribution in [0.1, 0.15) is 47.8 Å². The van der Waals surface area contributed by atoms with Gasteiger partial charge in [0.25, 0.3) is 0 Å². The Morgan fingerprint density at radius 2 is 2.12 bits per heavy atom. The summed E-state index contributed by atoms with van der Waals surface area (Å²) in [5.74, 6) is 0.365. The number of rotatable bonds is 3. The van der Waals surface area contributed by atoms with Crippen LogP contribution in [0.2, 0.25) is 0 Å². The quantitative estimate of drug-likeness (QED) is 0.796. The third-order valence-corrected chi connectivity index (χ3v) is 2.73. The SMILES string of the molecule is Cc1nc(C)c(C(=O)NOC2CCCC2)o1. The molecule has 1 aliphatic carbocycles. The molecule has 1 amide bonds. The van der Waals surface area contributed by atoms with Crippen molar-refractivity contribution in [2.24, 2.45) is 0 Å². The van der Waals surface area contributed by atoms with Crippen LogP contribution in [0.25, 0.3) is 0 Å². The molecular weight excluding hydrogens is 208 g/mol. The third kappa shape index (κ3) is 2.41. The summed E-state index contributed by atoms with van der Waals surface area (Å²) in [5, 5.41) is 0. The number of amides is 1. The minimum Gasteiger partial charge on any atom is -0.435 e. The lowest BCUT2D eigenvalue weighted by atomic mass is 10.3. The summed E-state index contributed by atoms with van der Waals surface area (Å²) in [6, 6.07) is 0. The van der Waals surface area contributed by atoms with E-state index >= 15 is 0 Å². The molecule has 0 spiro atoms. The average molecular weight is 224 g/mol. The molecule has 0 radical (unpaired) electrons. The maximum absolute atomic E-state index is 11.7. The van der Waals surface area contributed by atoms with Gasteiger partial charge in [-0.2, -0.15) is 0 Å². The minimum absolute atomic E-state index is 0.147. The van der Waals surface area contributed by atoms with Crippen molar-refractivity contribution in [2.45, 2.75) is 45.6 Å². The van der Waals surface area contributed by atoms with Crippen LogP contribution in [-0.4, -0.2) is 17.0 Å². The lowest BCUT2D eigenvalue weighted by Gasteiger charge is -2.10. The second-order valence-corrected chi connectivity index (χ2v) is 4.10. The molecule has 0 aromatic carbocycles. The van der Waals surface area contributed by atoms with Gasteiger partial charge in [-0.05, 0) is 19.8 Å². The summed E-state index contributed by atoms with van der Waals surface area (Å²) in [6.45, 7) is 3.45. The fourth-order valence-corrected chi connectivity index (χ4v) is 1.93. The number of aromatic nitrogens is 1. The van der Waals surface area contributed by atoms with Crippen LogP contribution in [0.4, 0.5) is 0 Å². The van der Waals surface area contributed by atoms with Crippen molar-refractivity contribution >= 4 is 5.91 Å². The van der Waals surface area contributed by atoms with E-state index in [1.807, 2.05) is 0 Å². The van der Waals surface area contributed by atoms with Crippen LogP contribution in [0.15, 0.2) is 4.42 Å². The zero-order valence-corrected chi connectivity index (χ0v) is 9.58. The van der Waals surface area contributed by atoms with Crippen LogP contribution in [-0.2, 0) is 4.84 Å². The van der Waals surface area contributed by atoms with Crippen LogP contribution in [0.3, 0.4) is 0 Å². The number of aryl methyl sites for hydroxylation is 2. The first kappa shape index (κ1) is 11.1. The van der Waals surface area contributed by atoms with Gasteiger partial charge in [0.15, 0.2) is 5.89 Å². The van der Waals surface area contributed by atoms with E-state index in [9.17, 15) is 4.79 Å². The van der Waals surface area contributed by atoms with Gasteiger partial charge >= 0.3 is 5.91 Å². The Balaban J connectivity index is 1.90. The molecule has 1 aromatic heterocycles. The van der Waals surface area contributed by atoms with Crippen molar-refractivity contribution < 1.29 is 14.0 Å². The number of nitrogens with one attached hydrogen (secondary N) is 1. The number of hydrogen-bond donors (Lipinski definition) is 1. The molecule has 1 aromatic rings. The second-order valence-electron chi connectivity index (χ2n) is 4.10. The van der Waals surface area contributed by atoms with Gasteiger partial charge in [-0.15, -0.1) is 0 Å². The Hall–Kier alpha value is -1.36. The molecule has 0 atom stereocenters. The first-order chi connectivity index (χ1) is 7.66. The number of oxazole rings is 1. The second kappa shape index (κ2) is 4.65. The van der Waals surface area contributed by atoms with E-state index in [0.717, 1.165) is 12.8 Å². The highest BCUT2D eigenvalue weighted by atomic mass is 16.7. The van der Waals surface area contributed by atoms with Crippen LogP contribution in [0.5, 0.6) is 0 Å². The van der Waals surface area contributed by atoms with Gasteiger partial charge in [-0.25, -0.2) is 10.5 Å². The van der Waals surface area contributed by atoms with Crippen molar-refractivity contribution in [1.29, 1.82) is 0 Å². The topological polar surface area (TPSA) is 64.4 Å². The molecule has 88 valence electrons. The molecule has 1 saturated carbocycles. The molecule has 1 heterocycles. The van der Waals surface area contributed by atoms with E-state index in [4.69, 9.17) is 9.25 Å². The number of nitrogens with zero attached hydrogens (tertiary/aromatic N) is 1. The lowest BCUT2D eigenvalue weighted by molar-refractivity contribution is -0.0139. The molecule has 5 heteroatoms. The largest absolute Gasteiger partial charge is 0.435 e. The van der Waals surface area contributed by atoms with E-state index in [0.29, 0.717) is 11.6 Å². The molecule has 2 rings (SSSR count). The normalized spacial score (nSPS) is 16.6. The molecule has 1 aliphatic rings. The van der Waals surface area contributed by atoms with Crippen LogP contribution in [0, 0.1) is 13.8 Å². The lowest BCUT2D eigenvalue weighted by Crippen LogP contribution is -2.28. The molecule has 0 saturated heterocycles. The Morgan fingerprint density at radius 3 is 2.69 bits per heavy atom. The smallest absolute Gasteiger partial charge is 0.312 e. The van der Waals surface area contributed by atoms with Crippen LogP contribution < -0.4 is 5.48 Å². The summed E-state index contributed by atoms with van der Waals surface area (Å²) >= 11 is 0. The van der Waals surface area contributed by atoms with Crippen molar-refractivity contribution in [1.82, 2.24) is 10.5 Å². The average Bonchev–Trinajstić information content (AvgIpc) is 2.84. The molecule has 0 aliphatic heterocycles. The van der Waals surface area contributed by atoms with E-state index in [1.54, 1.807) is 13.8 Å². The highest BCUT2D eigenvalue weighted by Crippen LogP contribution is 2.20. The number of hydrogen-bond acceptors (Lipinski definition) is 4. The van der Waals surface area contributed by atoms with E-state index < -0.39 is 0 Å². The number of carbonyl (C=O) groups is 1. The summed E-state index contributed by atoms with van der Waals surface area (Å²) in [4.78, 5) is 21.0. The van der Waals surface area contributed by atoms with Crippen LogP contribution >= 0.6 is 0 Å². The van der Waals surface area contributed by atoms with Gasteiger partial charge in [-0.1, -0.05) is 12.8 Å². The number of hydroxylamine groups is 1. The Bertz CT molecular complexity index is 381. The molecule has 0 unspecified atom stereocenters. The van der Waals surface area contributed by atoms with Crippen molar-refractivity contribution in [3.8, 4) is 0 Å². The molecular formula is C11H16N2O3. The molecule has 5 nitrogen and oxygen atoms in total. The molecule has 1 N–H and O–H groups in total. The number of carbonyl (C=O) groups excluding carboxylic acids is 1. The highest BCUT2D eigenvalue weighted by molar-refractivity contribution is 5.91. The predicted molar refractivity (Wildman–Crippen MR) is 56.8 cm³/mol. The van der Waals surface area contributed by atoms with E-state index in [-0.39, 0.29) is 17.8 Å². The summed E-state index contributed by atoms with van der Waals surface area (Å²) in [5.41, 5.74) is 3.01. The van der Waals surface area contributed by atoms with Gasteiger partial charge in [0.2, 0.25) is 5.76 Å². The summed E-state index contributed by atoms with van der Waals surface area (Å²) in [6.07, 6.45) is 4.50. The fourth-order valence-electron chi connectivity index (χ4n) is 1.93. The minimum atomic E-state index is -0.356. The van der Waals surface area contributed by atoms with Crippen molar-refractivity contribution in [3.05, 3.63) is 17.3 Å². The van der Waals surface area contributed by atoms with Gasteiger partial charge in [-0.3, -0.25) is 9.63 Å². The Labute approximate surface area is 94.1 Å². The van der Waals surface area contributed by atoms with E-state index in [2.05, 4.69) is 10.5 Å². The maximum atomic E-state index is 11.7. The molecule has 16 heavy (non-hydrogen) atoms. The Morgan fingerprint density at radius 1 is 1.44 bits per heavy atom. The Kier molecular flexibility index (Phi) is 3.24. The standard InChI is InChI=1S/C11H16N2O3/c1-7-10(15-8(2)12-7)11(14)13-16-9-5-3-4-6-9/h9H,3-6H2,1-2H3,(H,13,14). The van der Waals surface area contributed by atoms with Crippen molar-refractivity contribution in [2.75, 3.05) is 0 Å². The van der Waals surface area contributed by atoms with Gasteiger partial charge in [0.1, 0.15) is 0 Å². The van der Waals surface area contributed by atoms with Crippen molar-refractivity contribution in [3.63, 3.8) is 0 Å². The predicted octanol–water partition coefficient (Wildman–Crippen LogP) is 1.90. The summed E-state index contributed by atoms with van der Waals surface area (Å²) in [7, 11) is 0. The van der Waals surface area contributed by atoms with Gasteiger partial charge in [0.05, 0.1) is 11.8 Å². The zero-order valence-electron chi connectivity index (χ0n) is 9.58. The van der Waals surface area contributed by atoms with E-state index in [1.165, 1.54) is 12.8 Å². The first-order valence-electron chi connectivity index (χ1n) is 5.57. The molecule has 1 fully saturated rings. The first-order valence-corrected chi connectivity index (χ1v) is 5.57. The zero-order chi connectivity index (χ0) is 11.5. The monoisotopic (exact) mass is 224 g/mol. The fraction of sp³-hybridized carbons (Fsp3) is 0.636. The maximum Gasteiger partial charge on any atom is 0.312 e. The highest BCUT2D eigenvalue weighted by Gasteiger charge is 2.20. The molecule has 0 bridgehead atoms. The third-order valence-electron chi connectivity index (χ3n) is 2.73.